The molecule has 0 unspecified atom stereocenters. The first-order valence-electron chi connectivity index (χ1n) is 6.71. The van der Waals surface area contributed by atoms with Gasteiger partial charge >= 0.3 is 5.97 Å². The van der Waals surface area contributed by atoms with Crippen LogP contribution in [0.3, 0.4) is 0 Å². The summed E-state index contributed by atoms with van der Waals surface area (Å²) in [7, 11) is 0. The average molecular weight is 344 g/mol. The molecule has 0 saturated heterocycles. The van der Waals surface area contributed by atoms with Crippen molar-refractivity contribution >= 4 is 52.6 Å². The maximum atomic E-state index is 12.0. The second-order valence-corrected chi connectivity index (χ2v) is 6.56. The smallest absolute Gasteiger partial charge is 0.363 e. The van der Waals surface area contributed by atoms with Gasteiger partial charge in [-0.3, -0.25) is 4.79 Å². The fourth-order valence-corrected chi connectivity index (χ4v) is 3.20. The third kappa shape index (κ3) is 3.82. The van der Waals surface area contributed by atoms with Gasteiger partial charge in [-0.15, -0.1) is 22.7 Å². The topological polar surface area (TPSA) is 67.8 Å². The van der Waals surface area contributed by atoms with Gasteiger partial charge in [-0.05, 0) is 35.0 Å². The van der Waals surface area contributed by atoms with Gasteiger partial charge in [-0.25, -0.2) is 9.79 Å². The van der Waals surface area contributed by atoms with E-state index in [4.69, 9.17) is 4.74 Å². The van der Waals surface area contributed by atoms with Crippen LogP contribution in [0.1, 0.15) is 16.7 Å². The Hall–Kier alpha value is -2.51. The molecule has 0 atom stereocenters. The minimum Gasteiger partial charge on any atom is -0.400 e. The van der Waals surface area contributed by atoms with Gasteiger partial charge in [0.1, 0.15) is 5.70 Å². The van der Waals surface area contributed by atoms with Crippen molar-refractivity contribution in [2.75, 3.05) is 0 Å². The average Bonchev–Trinajstić information content (AvgIpc) is 3.22. The molecule has 0 fully saturated rings. The molecule has 3 rings (SSSR count). The standard InChI is InChI=1S/C16H12N2O3S2/c1-10(19)17-13(8-11-4-2-6-22-11)15-18-14(16(20)21-15)9-12-5-3-7-23-12/h2-9H,1H3,(H,17,19). The van der Waals surface area contributed by atoms with E-state index >= 15 is 0 Å². The quantitative estimate of drug-likeness (QED) is 0.684. The van der Waals surface area contributed by atoms with E-state index in [1.54, 1.807) is 12.2 Å². The molecular weight excluding hydrogens is 332 g/mol. The monoisotopic (exact) mass is 344 g/mol. The Morgan fingerprint density at radius 3 is 2.52 bits per heavy atom. The summed E-state index contributed by atoms with van der Waals surface area (Å²) < 4.78 is 5.20. The molecule has 116 valence electrons. The highest BCUT2D eigenvalue weighted by molar-refractivity contribution is 7.11. The number of amides is 1. The molecule has 0 bridgehead atoms. The highest BCUT2D eigenvalue weighted by atomic mass is 32.1. The van der Waals surface area contributed by atoms with Gasteiger partial charge in [0.2, 0.25) is 11.8 Å². The van der Waals surface area contributed by atoms with Crippen LogP contribution >= 0.6 is 22.7 Å². The largest absolute Gasteiger partial charge is 0.400 e. The third-order valence-electron chi connectivity index (χ3n) is 2.81. The predicted molar refractivity (Wildman–Crippen MR) is 91.9 cm³/mol. The lowest BCUT2D eigenvalue weighted by Gasteiger charge is -2.05. The summed E-state index contributed by atoms with van der Waals surface area (Å²) in [6, 6.07) is 7.56. The van der Waals surface area contributed by atoms with E-state index in [1.807, 2.05) is 35.0 Å². The molecule has 23 heavy (non-hydrogen) atoms. The highest BCUT2D eigenvalue weighted by Crippen LogP contribution is 2.22. The number of ether oxygens (including phenoxy) is 1. The highest BCUT2D eigenvalue weighted by Gasteiger charge is 2.26. The van der Waals surface area contributed by atoms with Gasteiger partial charge in [0.25, 0.3) is 0 Å². The van der Waals surface area contributed by atoms with Crippen molar-refractivity contribution in [1.29, 1.82) is 0 Å². The van der Waals surface area contributed by atoms with Gasteiger partial charge in [-0.1, -0.05) is 12.1 Å². The molecule has 1 aliphatic heterocycles. The van der Waals surface area contributed by atoms with Gasteiger partial charge < -0.3 is 10.1 Å². The number of hydrogen-bond acceptors (Lipinski definition) is 6. The van der Waals surface area contributed by atoms with Crippen molar-refractivity contribution in [3.8, 4) is 0 Å². The summed E-state index contributed by atoms with van der Waals surface area (Å²) in [4.78, 5) is 29.4. The Morgan fingerprint density at radius 1 is 1.22 bits per heavy atom. The molecule has 0 aromatic carbocycles. The molecule has 0 spiro atoms. The Morgan fingerprint density at radius 2 is 1.91 bits per heavy atom. The maximum Gasteiger partial charge on any atom is 0.363 e. The SMILES string of the molecule is CC(=O)NC(=Cc1cccs1)C1=NC(=Cc2cccs2)C(=O)O1. The molecule has 7 heteroatoms. The molecule has 2 aromatic heterocycles. The number of nitrogens with one attached hydrogen (secondary N) is 1. The van der Waals surface area contributed by atoms with Crippen LogP contribution in [-0.2, 0) is 14.3 Å². The second-order valence-electron chi connectivity index (χ2n) is 4.61. The Balaban J connectivity index is 1.93. The normalized spacial score (nSPS) is 16.4. The van der Waals surface area contributed by atoms with Crippen LogP contribution in [0.2, 0.25) is 0 Å². The van der Waals surface area contributed by atoms with Crippen LogP contribution < -0.4 is 5.32 Å². The van der Waals surface area contributed by atoms with Crippen molar-refractivity contribution in [1.82, 2.24) is 5.32 Å². The number of aliphatic imine (C=N–C) groups is 1. The first-order chi connectivity index (χ1) is 11.1. The Labute approximate surface area is 140 Å². The minimum absolute atomic E-state index is 0.0985. The first kappa shape index (κ1) is 15.4. The van der Waals surface area contributed by atoms with Gasteiger partial charge in [0.05, 0.1) is 0 Å². The molecule has 1 amide bonds. The van der Waals surface area contributed by atoms with Gasteiger partial charge in [-0.2, -0.15) is 0 Å². The Bertz CT molecular complexity index is 816. The lowest BCUT2D eigenvalue weighted by atomic mass is 10.3. The maximum absolute atomic E-state index is 12.0. The fraction of sp³-hybridized carbons (Fsp3) is 0.0625. The van der Waals surface area contributed by atoms with Gasteiger partial charge in [0, 0.05) is 16.7 Å². The molecule has 0 radical (unpaired) electrons. The molecule has 5 nitrogen and oxygen atoms in total. The number of carbonyl (C=O) groups is 2. The third-order valence-corrected chi connectivity index (χ3v) is 4.45. The lowest BCUT2D eigenvalue weighted by Crippen LogP contribution is -2.25. The summed E-state index contributed by atoms with van der Waals surface area (Å²) >= 11 is 3.01. The van der Waals surface area contributed by atoms with Crippen LogP contribution in [0.15, 0.2) is 51.4 Å². The molecule has 1 aliphatic rings. The summed E-state index contributed by atoms with van der Waals surface area (Å²) in [6.45, 7) is 1.39. The van der Waals surface area contributed by atoms with E-state index in [9.17, 15) is 9.59 Å². The van der Waals surface area contributed by atoms with Crippen molar-refractivity contribution in [3.05, 3.63) is 56.2 Å². The summed E-state index contributed by atoms with van der Waals surface area (Å²) in [5.41, 5.74) is 0.577. The number of esters is 1. The van der Waals surface area contributed by atoms with Gasteiger partial charge in [0.15, 0.2) is 5.70 Å². The van der Waals surface area contributed by atoms with Crippen LogP contribution in [-0.4, -0.2) is 17.8 Å². The van der Waals surface area contributed by atoms with E-state index in [0.717, 1.165) is 9.75 Å². The Kier molecular flexibility index (Phi) is 4.50. The van der Waals surface area contributed by atoms with Crippen LogP contribution in [0.5, 0.6) is 0 Å². The number of carbonyl (C=O) groups excluding carboxylic acids is 2. The van der Waals surface area contributed by atoms with E-state index in [2.05, 4.69) is 10.3 Å². The second kappa shape index (κ2) is 6.72. The van der Waals surface area contributed by atoms with Crippen molar-refractivity contribution in [2.45, 2.75) is 6.92 Å². The van der Waals surface area contributed by atoms with Crippen molar-refractivity contribution in [2.24, 2.45) is 4.99 Å². The molecule has 0 saturated carbocycles. The minimum atomic E-state index is -0.532. The summed E-state index contributed by atoms with van der Waals surface area (Å²) in [6.07, 6.45) is 3.39. The number of cyclic esters (lactones) is 1. The van der Waals surface area contributed by atoms with Crippen molar-refractivity contribution in [3.63, 3.8) is 0 Å². The van der Waals surface area contributed by atoms with E-state index in [0.29, 0.717) is 5.70 Å². The van der Waals surface area contributed by atoms with E-state index in [-0.39, 0.29) is 17.5 Å². The molecule has 1 N–H and O–H groups in total. The van der Waals surface area contributed by atoms with Crippen LogP contribution in [0, 0.1) is 0 Å². The van der Waals surface area contributed by atoms with E-state index < -0.39 is 5.97 Å². The van der Waals surface area contributed by atoms with Crippen LogP contribution in [0.25, 0.3) is 12.2 Å². The molecule has 3 heterocycles. The first-order valence-corrected chi connectivity index (χ1v) is 8.47. The predicted octanol–water partition coefficient (Wildman–Crippen LogP) is 3.28. The zero-order valence-corrected chi connectivity index (χ0v) is 13.7. The zero-order valence-electron chi connectivity index (χ0n) is 12.1. The summed E-state index contributed by atoms with van der Waals surface area (Å²) in [5, 5.41) is 6.49. The molecular formula is C16H12N2O3S2. The zero-order chi connectivity index (χ0) is 16.2. The van der Waals surface area contributed by atoms with E-state index in [1.165, 1.54) is 29.6 Å². The summed E-state index contributed by atoms with van der Waals surface area (Å²) in [5.74, 6) is -0.695. The molecule has 2 aromatic rings. The lowest BCUT2D eigenvalue weighted by molar-refractivity contribution is -0.130. The molecule has 0 aliphatic carbocycles. The number of rotatable bonds is 4. The van der Waals surface area contributed by atoms with Crippen LogP contribution in [0.4, 0.5) is 0 Å². The number of nitrogens with zero attached hydrogens (tertiary/aromatic N) is 1. The van der Waals surface area contributed by atoms with Crippen molar-refractivity contribution < 1.29 is 14.3 Å². The number of hydrogen-bond donors (Lipinski definition) is 1. The fourth-order valence-electron chi connectivity index (χ4n) is 1.89. The number of thiophene rings is 2.